The minimum absolute atomic E-state index is 0.0152. The van der Waals surface area contributed by atoms with Gasteiger partial charge in [-0.2, -0.15) is 0 Å². The summed E-state index contributed by atoms with van der Waals surface area (Å²) in [5.41, 5.74) is 0.110. The van der Waals surface area contributed by atoms with Crippen LogP contribution in [0.2, 0.25) is 0 Å². The Morgan fingerprint density at radius 1 is 0.738 bits per heavy atom. The number of ether oxygens (including phenoxy) is 5. The lowest BCUT2D eigenvalue weighted by atomic mass is 9.99. The lowest BCUT2D eigenvalue weighted by Crippen LogP contribution is -2.60. The third kappa shape index (κ3) is 7.27. The van der Waals surface area contributed by atoms with Gasteiger partial charge < -0.3 is 69.6 Å². The molecule has 0 aliphatic carbocycles. The molecule has 2 heterocycles. The van der Waals surface area contributed by atoms with Gasteiger partial charge in [0.15, 0.2) is 0 Å². The van der Waals surface area contributed by atoms with Crippen molar-refractivity contribution in [3.05, 3.63) is 54.1 Å². The second-order valence-corrected chi connectivity index (χ2v) is 9.63. The van der Waals surface area contributed by atoms with Crippen molar-refractivity contribution >= 4 is 12.0 Å². The number of carbonyl (C=O) groups excluding carboxylic acids is 1. The van der Waals surface area contributed by atoms with Gasteiger partial charge in [-0.05, 0) is 48.5 Å². The van der Waals surface area contributed by atoms with E-state index in [-0.39, 0.29) is 28.6 Å². The van der Waals surface area contributed by atoms with Crippen LogP contribution in [-0.2, 0) is 19.0 Å². The first-order valence-electron chi connectivity index (χ1n) is 12.8. The van der Waals surface area contributed by atoms with Gasteiger partial charge in [0.25, 0.3) is 0 Å². The van der Waals surface area contributed by atoms with Crippen molar-refractivity contribution in [1.82, 2.24) is 0 Å². The Morgan fingerprint density at radius 3 is 1.95 bits per heavy atom. The molecule has 0 unspecified atom stereocenters. The van der Waals surface area contributed by atoms with Gasteiger partial charge in [0, 0.05) is 11.6 Å². The molecule has 2 saturated heterocycles. The molecule has 2 aliphatic rings. The van der Waals surface area contributed by atoms with E-state index in [2.05, 4.69) is 0 Å². The molecule has 0 radical (unpaired) electrons. The van der Waals surface area contributed by atoms with Crippen LogP contribution in [0.25, 0.3) is 6.08 Å². The minimum atomic E-state index is -1.70. The maximum Gasteiger partial charge on any atom is 0.330 e. The highest BCUT2D eigenvalue weighted by molar-refractivity contribution is 5.87. The largest absolute Gasteiger partial charge is 0.508 e. The van der Waals surface area contributed by atoms with Crippen molar-refractivity contribution in [1.29, 1.82) is 0 Å². The number of phenols is 2. The summed E-state index contributed by atoms with van der Waals surface area (Å²) >= 11 is 0. The molecule has 230 valence electrons. The first-order valence-corrected chi connectivity index (χ1v) is 12.8. The van der Waals surface area contributed by atoms with Gasteiger partial charge in [-0.25, -0.2) is 4.79 Å². The van der Waals surface area contributed by atoms with E-state index in [1.165, 1.54) is 48.5 Å². The predicted octanol–water partition coefficient (Wildman–Crippen LogP) is -2.28. The quantitative estimate of drug-likeness (QED) is 0.109. The molecule has 0 amide bonds. The Morgan fingerprint density at radius 2 is 1.31 bits per heavy atom. The topological polar surface area (TPSA) is 245 Å². The Kier molecular flexibility index (Phi) is 10.2. The zero-order valence-electron chi connectivity index (χ0n) is 21.9. The fraction of sp³-hybridized carbons (Fsp3) is 0.444. The van der Waals surface area contributed by atoms with E-state index >= 15 is 0 Å². The van der Waals surface area contributed by atoms with E-state index in [1.807, 2.05) is 0 Å². The summed E-state index contributed by atoms with van der Waals surface area (Å²) in [6.45, 7) is -1.23. The van der Waals surface area contributed by atoms with Gasteiger partial charge >= 0.3 is 5.97 Å². The zero-order chi connectivity index (χ0) is 30.6. The van der Waals surface area contributed by atoms with Crippen LogP contribution in [0.15, 0.2) is 48.5 Å². The highest BCUT2D eigenvalue weighted by Gasteiger charge is 2.46. The molecule has 10 atom stereocenters. The number of aromatic hydroxyl groups is 2. The van der Waals surface area contributed by atoms with Gasteiger partial charge in [-0.3, -0.25) is 0 Å². The van der Waals surface area contributed by atoms with Crippen LogP contribution < -0.4 is 9.47 Å². The number of rotatable bonds is 9. The molecule has 42 heavy (non-hydrogen) atoms. The highest BCUT2D eigenvalue weighted by Crippen LogP contribution is 2.30. The van der Waals surface area contributed by atoms with Crippen LogP contribution in [0.1, 0.15) is 5.56 Å². The number of phenolic OH excluding ortho intramolecular Hbond substituents is 2. The van der Waals surface area contributed by atoms with Crippen LogP contribution >= 0.6 is 0 Å². The summed E-state index contributed by atoms with van der Waals surface area (Å²) in [4.78, 5) is 12.4. The van der Waals surface area contributed by atoms with E-state index in [0.717, 1.165) is 6.08 Å². The molecular weight excluding hydrogens is 564 g/mol. The van der Waals surface area contributed by atoms with Crippen molar-refractivity contribution in [2.75, 3.05) is 13.2 Å². The smallest absolute Gasteiger partial charge is 0.330 e. The molecule has 9 N–H and O–H groups in total. The van der Waals surface area contributed by atoms with Crippen molar-refractivity contribution in [3.8, 4) is 23.0 Å². The first kappa shape index (κ1) is 31.4. The summed E-state index contributed by atoms with van der Waals surface area (Å²) in [7, 11) is 0. The molecule has 0 aromatic heterocycles. The van der Waals surface area contributed by atoms with Gasteiger partial charge in [-0.1, -0.05) is 0 Å². The van der Waals surface area contributed by atoms with Crippen molar-refractivity contribution in [2.24, 2.45) is 0 Å². The van der Waals surface area contributed by atoms with E-state index in [9.17, 15) is 50.8 Å². The molecule has 0 spiro atoms. The Balaban J connectivity index is 1.39. The molecule has 2 aromatic carbocycles. The third-order valence-electron chi connectivity index (χ3n) is 6.63. The molecule has 15 heteroatoms. The number of esters is 1. The highest BCUT2D eigenvalue weighted by atomic mass is 16.7. The summed E-state index contributed by atoms with van der Waals surface area (Å²) in [5.74, 6) is -1.01. The fourth-order valence-electron chi connectivity index (χ4n) is 4.24. The van der Waals surface area contributed by atoms with Crippen LogP contribution in [0, 0.1) is 0 Å². The number of hydrogen-bond acceptors (Lipinski definition) is 15. The normalized spacial score (nSPS) is 33.3. The summed E-state index contributed by atoms with van der Waals surface area (Å²) < 4.78 is 27.0. The Labute approximate surface area is 238 Å². The van der Waals surface area contributed by atoms with E-state index in [4.69, 9.17) is 23.7 Å². The second kappa shape index (κ2) is 13.6. The molecule has 0 saturated carbocycles. The lowest BCUT2D eigenvalue weighted by molar-refractivity contribution is -0.278. The standard InChI is InChI=1S/C27H32O15/c28-10-17-20(32)22(34)25(37)27(41-17)40-16-7-4-14(30)9-12(16)1-8-19(31)38-11-18-21(33)23(35)24(36)26(42-18)39-15-5-2-13(29)3-6-15/h1-9,17-18,20-30,32-37H,10-11H2/t17-,18-,20-,21-,22+,23+,24-,25-,26-,27+/m1/s1. The van der Waals surface area contributed by atoms with E-state index < -0.39 is 80.6 Å². The van der Waals surface area contributed by atoms with Crippen LogP contribution in [0.4, 0.5) is 0 Å². The average Bonchev–Trinajstić information content (AvgIpc) is 2.98. The van der Waals surface area contributed by atoms with Crippen molar-refractivity contribution in [3.63, 3.8) is 0 Å². The molecule has 2 aliphatic heterocycles. The third-order valence-corrected chi connectivity index (χ3v) is 6.63. The molecular formula is C27H32O15. The number of hydrogen-bond donors (Lipinski definition) is 9. The minimum Gasteiger partial charge on any atom is -0.508 e. The summed E-state index contributed by atoms with van der Waals surface area (Å²) in [6.07, 6.45) is -13.3. The van der Waals surface area contributed by atoms with Gasteiger partial charge in [-0.15, -0.1) is 0 Å². The molecule has 4 rings (SSSR count). The number of benzene rings is 2. The zero-order valence-corrected chi connectivity index (χ0v) is 21.9. The summed E-state index contributed by atoms with van der Waals surface area (Å²) in [5, 5.41) is 89.6. The van der Waals surface area contributed by atoms with Gasteiger partial charge in [0.1, 0.15) is 78.4 Å². The second-order valence-electron chi connectivity index (χ2n) is 9.63. The maximum absolute atomic E-state index is 12.4. The predicted molar refractivity (Wildman–Crippen MR) is 138 cm³/mol. The monoisotopic (exact) mass is 596 g/mol. The van der Waals surface area contributed by atoms with E-state index in [1.54, 1.807) is 0 Å². The Bertz CT molecular complexity index is 1220. The van der Waals surface area contributed by atoms with Crippen molar-refractivity contribution in [2.45, 2.75) is 61.4 Å². The van der Waals surface area contributed by atoms with Crippen LogP contribution in [0.5, 0.6) is 23.0 Å². The molecule has 0 bridgehead atoms. The summed E-state index contributed by atoms with van der Waals surface area (Å²) in [6, 6.07) is 9.17. The van der Waals surface area contributed by atoms with Gasteiger partial charge in [0.2, 0.25) is 12.6 Å². The van der Waals surface area contributed by atoms with Crippen LogP contribution in [-0.4, -0.2) is 127 Å². The van der Waals surface area contributed by atoms with E-state index in [0.29, 0.717) is 0 Å². The van der Waals surface area contributed by atoms with Crippen LogP contribution in [0.3, 0.4) is 0 Å². The number of carbonyl (C=O) groups is 1. The SMILES string of the molecule is O=C(C=Cc1cc(O)ccc1O[C@H]1O[C@H](CO)[C@@H](O)[C@H](O)[C@H]1O)OC[C@H]1O[C@@H](Oc2ccc(O)cc2)[C@H](O)[C@@H](O)[C@@H]1O. The Hall–Kier alpha value is -3.51. The average molecular weight is 597 g/mol. The molecule has 2 aromatic rings. The molecule has 2 fully saturated rings. The van der Waals surface area contributed by atoms with Gasteiger partial charge in [0.05, 0.1) is 6.61 Å². The number of aliphatic hydroxyl groups excluding tert-OH is 7. The number of aliphatic hydroxyl groups is 7. The first-order chi connectivity index (χ1) is 20.0. The molecule has 15 nitrogen and oxygen atoms in total. The maximum atomic E-state index is 12.4. The fourth-order valence-corrected chi connectivity index (χ4v) is 4.24. The van der Waals surface area contributed by atoms with Crippen molar-refractivity contribution < 1.29 is 74.4 Å². The lowest BCUT2D eigenvalue weighted by Gasteiger charge is -2.39.